The lowest BCUT2D eigenvalue weighted by atomic mass is 10.1. The fourth-order valence-corrected chi connectivity index (χ4v) is 5.94. The van der Waals surface area contributed by atoms with Crippen molar-refractivity contribution in [3.63, 3.8) is 0 Å². The van der Waals surface area contributed by atoms with E-state index in [4.69, 9.17) is 9.47 Å². The standard InChI is InChI=1S/C38H35N3O5S/c1-4-35(38(44)40-31-19-10-15-26-12-8-9-18-30(26)31)47-29-17-11-16-28(24-29)39-37(43)32(41-36(42)27-13-6-5-7-14-27)22-25-20-21-33(45-2)34(23-25)46-3/h5-24,35H,4H2,1-3H3,(H,39,43)(H,40,44)(H,41,42)/b32-22+. The van der Waals surface area contributed by atoms with Crippen LogP contribution in [0.3, 0.4) is 0 Å². The minimum Gasteiger partial charge on any atom is -0.493 e. The number of amides is 3. The van der Waals surface area contributed by atoms with Crippen molar-refractivity contribution in [3.05, 3.63) is 132 Å². The normalized spacial score (nSPS) is 11.8. The number of ether oxygens (including phenoxy) is 2. The highest BCUT2D eigenvalue weighted by Crippen LogP contribution is 2.31. The van der Waals surface area contributed by atoms with Crippen molar-refractivity contribution in [1.82, 2.24) is 5.32 Å². The van der Waals surface area contributed by atoms with Gasteiger partial charge in [-0.15, -0.1) is 11.8 Å². The average molecular weight is 646 g/mol. The first kappa shape index (κ1) is 32.8. The number of benzene rings is 5. The van der Waals surface area contributed by atoms with E-state index in [2.05, 4.69) is 16.0 Å². The number of anilines is 2. The fraction of sp³-hybridized carbons (Fsp3) is 0.132. The monoisotopic (exact) mass is 645 g/mol. The Balaban J connectivity index is 1.34. The molecule has 0 fully saturated rings. The fourth-order valence-electron chi connectivity index (χ4n) is 4.93. The SMILES string of the molecule is CCC(Sc1cccc(NC(=O)/C(=C\c2ccc(OC)c(OC)c2)NC(=O)c2ccccc2)c1)C(=O)Nc1cccc2ccccc12. The molecule has 238 valence electrons. The van der Waals surface area contributed by atoms with E-state index in [1.807, 2.05) is 73.7 Å². The van der Waals surface area contributed by atoms with Gasteiger partial charge in [-0.3, -0.25) is 14.4 Å². The predicted octanol–water partition coefficient (Wildman–Crippen LogP) is 7.78. The molecule has 9 heteroatoms. The maximum Gasteiger partial charge on any atom is 0.272 e. The molecule has 0 spiro atoms. The van der Waals surface area contributed by atoms with E-state index >= 15 is 0 Å². The van der Waals surface area contributed by atoms with Crippen LogP contribution in [-0.4, -0.2) is 37.2 Å². The summed E-state index contributed by atoms with van der Waals surface area (Å²) in [4.78, 5) is 40.9. The summed E-state index contributed by atoms with van der Waals surface area (Å²) in [5, 5.41) is 10.4. The maximum atomic E-state index is 13.6. The number of rotatable bonds is 12. The van der Waals surface area contributed by atoms with E-state index in [0.29, 0.717) is 34.7 Å². The van der Waals surface area contributed by atoms with Gasteiger partial charge in [-0.1, -0.05) is 73.7 Å². The molecule has 3 amide bonds. The highest BCUT2D eigenvalue weighted by atomic mass is 32.2. The number of carbonyl (C=O) groups excluding carboxylic acids is 3. The summed E-state index contributed by atoms with van der Waals surface area (Å²) >= 11 is 1.42. The molecule has 0 aliphatic heterocycles. The van der Waals surface area contributed by atoms with Gasteiger partial charge in [0, 0.05) is 27.2 Å². The van der Waals surface area contributed by atoms with Gasteiger partial charge in [0.2, 0.25) is 5.91 Å². The molecule has 5 aromatic rings. The van der Waals surface area contributed by atoms with Gasteiger partial charge >= 0.3 is 0 Å². The molecule has 0 heterocycles. The largest absolute Gasteiger partial charge is 0.493 e. The number of nitrogens with one attached hydrogen (secondary N) is 3. The summed E-state index contributed by atoms with van der Waals surface area (Å²) < 4.78 is 10.7. The van der Waals surface area contributed by atoms with Gasteiger partial charge in [0.25, 0.3) is 11.8 Å². The van der Waals surface area contributed by atoms with E-state index in [1.165, 1.54) is 18.9 Å². The van der Waals surface area contributed by atoms with Crippen LogP contribution in [0.2, 0.25) is 0 Å². The van der Waals surface area contributed by atoms with Crippen LogP contribution in [0.15, 0.2) is 126 Å². The highest BCUT2D eigenvalue weighted by Gasteiger charge is 2.20. The van der Waals surface area contributed by atoms with Gasteiger partial charge < -0.3 is 25.4 Å². The van der Waals surface area contributed by atoms with E-state index < -0.39 is 11.8 Å². The van der Waals surface area contributed by atoms with Crippen molar-refractivity contribution in [2.45, 2.75) is 23.5 Å². The van der Waals surface area contributed by atoms with Crippen molar-refractivity contribution in [2.75, 3.05) is 24.9 Å². The van der Waals surface area contributed by atoms with Gasteiger partial charge in [-0.05, 0) is 72.0 Å². The van der Waals surface area contributed by atoms with Crippen molar-refractivity contribution in [1.29, 1.82) is 0 Å². The molecule has 0 aromatic heterocycles. The van der Waals surface area contributed by atoms with Crippen molar-refractivity contribution in [2.24, 2.45) is 0 Å². The number of hydrogen-bond donors (Lipinski definition) is 3. The van der Waals surface area contributed by atoms with Gasteiger partial charge in [-0.2, -0.15) is 0 Å². The smallest absolute Gasteiger partial charge is 0.272 e. The first-order chi connectivity index (χ1) is 22.9. The molecule has 0 radical (unpaired) electrons. The maximum absolute atomic E-state index is 13.6. The topological polar surface area (TPSA) is 106 Å². The molecule has 8 nitrogen and oxygen atoms in total. The minimum absolute atomic E-state index is 0.0324. The second-order valence-electron chi connectivity index (χ2n) is 10.5. The molecule has 1 unspecified atom stereocenters. The number of methoxy groups -OCH3 is 2. The van der Waals surface area contributed by atoms with Gasteiger partial charge in [0.1, 0.15) is 5.70 Å². The molecule has 47 heavy (non-hydrogen) atoms. The van der Waals surface area contributed by atoms with Crippen LogP contribution < -0.4 is 25.4 Å². The van der Waals surface area contributed by atoms with Crippen LogP contribution in [0.4, 0.5) is 11.4 Å². The Labute approximate surface area is 278 Å². The lowest BCUT2D eigenvalue weighted by molar-refractivity contribution is -0.116. The molecule has 0 aliphatic carbocycles. The summed E-state index contributed by atoms with van der Waals surface area (Å²) in [6.45, 7) is 1.96. The van der Waals surface area contributed by atoms with Crippen LogP contribution in [0.5, 0.6) is 11.5 Å². The lowest BCUT2D eigenvalue weighted by Crippen LogP contribution is -2.30. The third-order valence-electron chi connectivity index (χ3n) is 7.33. The molecule has 0 saturated heterocycles. The number of carbonyl (C=O) groups is 3. The second-order valence-corrected chi connectivity index (χ2v) is 11.8. The van der Waals surface area contributed by atoms with Crippen LogP contribution in [0.25, 0.3) is 16.8 Å². The molecular formula is C38H35N3O5S. The predicted molar refractivity (Wildman–Crippen MR) is 189 cm³/mol. The molecular weight excluding hydrogens is 611 g/mol. The number of thioether (sulfide) groups is 1. The van der Waals surface area contributed by atoms with Gasteiger partial charge in [0.05, 0.1) is 19.5 Å². The van der Waals surface area contributed by atoms with Gasteiger partial charge in [0.15, 0.2) is 11.5 Å². The van der Waals surface area contributed by atoms with Crippen molar-refractivity contribution >= 4 is 57.7 Å². The zero-order chi connectivity index (χ0) is 33.2. The van der Waals surface area contributed by atoms with Crippen molar-refractivity contribution in [3.8, 4) is 11.5 Å². The quantitative estimate of drug-likeness (QED) is 0.0946. The Bertz CT molecular complexity index is 1920. The van der Waals surface area contributed by atoms with Crippen LogP contribution in [0, 0.1) is 0 Å². The second kappa shape index (κ2) is 15.6. The first-order valence-electron chi connectivity index (χ1n) is 15.0. The highest BCUT2D eigenvalue weighted by molar-refractivity contribution is 8.00. The lowest BCUT2D eigenvalue weighted by Gasteiger charge is -2.17. The molecule has 5 rings (SSSR count). The van der Waals surface area contributed by atoms with Crippen LogP contribution in [0.1, 0.15) is 29.3 Å². The summed E-state index contributed by atoms with van der Waals surface area (Å²) in [5.74, 6) is -0.0386. The zero-order valence-corrected chi connectivity index (χ0v) is 27.1. The van der Waals surface area contributed by atoms with E-state index in [9.17, 15) is 14.4 Å². The minimum atomic E-state index is -0.521. The third-order valence-corrected chi connectivity index (χ3v) is 8.69. The molecule has 0 bridgehead atoms. The van der Waals surface area contributed by atoms with E-state index in [0.717, 1.165) is 21.4 Å². The molecule has 5 aromatic carbocycles. The third kappa shape index (κ3) is 8.39. The Kier molecular flexibility index (Phi) is 10.9. The summed E-state index contributed by atoms with van der Waals surface area (Å²) in [7, 11) is 3.07. The molecule has 3 N–H and O–H groups in total. The van der Waals surface area contributed by atoms with Crippen molar-refractivity contribution < 1.29 is 23.9 Å². The van der Waals surface area contributed by atoms with Gasteiger partial charge in [-0.25, -0.2) is 0 Å². The van der Waals surface area contributed by atoms with Crippen LogP contribution >= 0.6 is 11.8 Å². The van der Waals surface area contributed by atoms with Crippen LogP contribution in [-0.2, 0) is 9.59 Å². The molecule has 0 aliphatic rings. The molecule has 1 atom stereocenters. The number of fused-ring (bicyclic) bond motifs is 1. The zero-order valence-electron chi connectivity index (χ0n) is 26.3. The Morgan fingerprint density at radius 2 is 1.49 bits per heavy atom. The first-order valence-corrected chi connectivity index (χ1v) is 15.9. The summed E-state index contributed by atoms with van der Waals surface area (Å²) in [6.07, 6.45) is 2.17. The summed E-state index contributed by atoms with van der Waals surface area (Å²) in [6, 6.07) is 34.9. The number of hydrogen-bond acceptors (Lipinski definition) is 6. The van der Waals surface area contributed by atoms with E-state index in [-0.39, 0.29) is 16.9 Å². The molecule has 0 saturated carbocycles. The Morgan fingerprint density at radius 1 is 0.766 bits per heavy atom. The Hall–Kier alpha value is -5.54. The summed E-state index contributed by atoms with van der Waals surface area (Å²) in [5.41, 5.74) is 2.33. The van der Waals surface area contributed by atoms with E-state index in [1.54, 1.807) is 61.7 Å². The Morgan fingerprint density at radius 3 is 2.26 bits per heavy atom. The average Bonchev–Trinajstić information content (AvgIpc) is 3.10.